The first-order chi connectivity index (χ1) is 10.9. The predicted octanol–water partition coefficient (Wildman–Crippen LogP) is 3.51. The molecule has 0 fully saturated rings. The first-order valence-electron chi connectivity index (χ1n) is 7.77. The summed E-state index contributed by atoms with van der Waals surface area (Å²) in [6, 6.07) is 20.3. The van der Waals surface area contributed by atoms with Gasteiger partial charge in [0.1, 0.15) is 0 Å². The van der Waals surface area contributed by atoms with Gasteiger partial charge in [-0.2, -0.15) is 4.79 Å². The first kappa shape index (κ1) is 13.1. The fraction of sp³-hybridized carbons (Fsp3) is 0.222. The lowest BCUT2D eigenvalue weighted by atomic mass is 10.0. The Morgan fingerprint density at radius 2 is 1.55 bits per heavy atom. The molecule has 0 unspecified atom stereocenters. The van der Waals surface area contributed by atoms with Crippen molar-refractivity contribution in [3.8, 4) is 5.69 Å². The lowest BCUT2D eigenvalue weighted by molar-refractivity contribution is -0.707. The number of fused-ring (bicyclic) bond motifs is 1. The highest BCUT2D eigenvalue weighted by Crippen LogP contribution is 2.21. The molecule has 0 amide bonds. The van der Waals surface area contributed by atoms with Crippen LogP contribution in [0.4, 0.5) is 5.69 Å². The van der Waals surface area contributed by atoms with E-state index in [2.05, 4.69) is 12.1 Å². The van der Waals surface area contributed by atoms with Gasteiger partial charge in [0, 0.05) is 18.5 Å². The van der Waals surface area contributed by atoms with Crippen LogP contribution < -0.4 is 4.79 Å². The Kier molecular flexibility index (Phi) is 3.35. The lowest BCUT2D eigenvalue weighted by Gasteiger charge is -2.16. The van der Waals surface area contributed by atoms with Crippen molar-refractivity contribution < 1.29 is 4.79 Å². The van der Waals surface area contributed by atoms with E-state index in [4.69, 9.17) is 10.5 Å². The van der Waals surface area contributed by atoms with Gasteiger partial charge in [-0.1, -0.05) is 60.7 Å². The Morgan fingerprint density at radius 3 is 2.32 bits per heavy atom. The normalized spacial score (nSPS) is 13.6. The van der Waals surface area contributed by atoms with E-state index in [1.807, 2.05) is 58.1 Å². The number of hydrogen-bond donors (Lipinski definition) is 0. The molecule has 3 aromatic rings. The monoisotopic (exact) mass is 290 g/mol. The number of aryl methyl sites for hydroxylation is 1. The van der Waals surface area contributed by atoms with E-state index in [1.165, 1.54) is 24.2 Å². The zero-order chi connectivity index (χ0) is 14.8. The molecule has 1 aliphatic rings. The minimum atomic E-state index is 0.943. The van der Waals surface area contributed by atoms with Gasteiger partial charge in [0.15, 0.2) is 11.4 Å². The van der Waals surface area contributed by atoms with Crippen LogP contribution in [0.3, 0.4) is 0 Å². The van der Waals surface area contributed by atoms with Crippen molar-refractivity contribution in [3.05, 3.63) is 77.5 Å². The van der Waals surface area contributed by atoms with Crippen molar-refractivity contribution in [1.29, 1.82) is 0 Å². The number of benzene rings is 2. The smallest absolute Gasteiger partial charge is 0.199 e. The van der Waals surface area contributed by atoms with Crippen molar-refractivity contribution >= 4 is 5.69 Å². The van der Waals surface area contributed by atoms with Gasteiger partial charge in [-0.05, 0) is 23.6 Å². The minimum absolute atomic E-state index is 0.943. The Morgan fingerprint density at radius 1 is 0.864 bits per heavy atom. The number of para-hydroxylation sites is 1. The summed E-state index contributed by atoms with van der Waals surface area (Å²) in [4.78, 5) is 3.89. The fourth-order valence-corrected chi connectivity index (χ4v) is 2.90. The molecule has 1 heterocycles. The number of nitrogens with zero attached hydrogens (tertiary/aromatic N) is 4. The molecule has 1 aliphatic carbocycles. The standard InChI is InChI=1S/C18H18N4/c1-3-9-15(10-4-1)19-22-18-14-8-7-13-17(18)20-21(22)16-11-5-2-6-12-16/h1-6,9-12H,7-8,13-14H2. The van der Waals surface area contributed by atoms with E-state index in [1.54, 1.807) is 0 Å². The number of hydrogen-bond acceptors (Lipinski definition) is 1. The molecule has 1 aromatic heterocycles. The summed E-state index contributed by atoms with van der Waals surface area (Å²) in [6.07, 6.45) is 4.50. The summed E-state index contributed by atoms with van der Waals surface area (Å²) in [7, 11) is 0. The highest BCUT2D eigenvalue weighted by molar-refractivity contribution is 5.44. The molecule has 4 nitrogen and oxygen atoms in total. The van der Waals surface area contributed by atoms with Gasteiger partial charge >= 0.3 is 0 Å². The molecule has 0 atom stereocenters. The van der Waals surface area contributed by atoms with Crippen LogP contribution >= 0.6 is 0 Å². The van der Waals surface area contributed by atoms with Crippen molar-refractivity contribution in [2.75, 3.05) is 0 Å². The third-order valence-electron chi connectivity index (χ3n) is 4.00. The van der Waals surface area contributed by atoms with E-state index >= 15 is 0 Å². The van der Waals surface area contributed by atoms with Crippen molar-refractivity contribution in [2.24, 2.45) is 0 Å². The summed E-state index contributed by atoms with van der Waals surface area (Å²) in [5, 5.41) is 4.80. The van der Waals surface area contributed by atoms with Crippen LogP contribution in [-0.2, 0) is 12.8 Å². The summed E-state index contributed by atoms with van der Waals surface area (Å²) in [5.74, 6) is 0. The summed E-state index contributed by atoms with van der Waals surface area (Å²) in [5.41, 5.74) is 9.20. The van der Waals surface area contributed by atoms with Crippen molar-refractivity contribution in [1.82, 2.24) is 9.90 Å². The second-order valence-corrected chi connectivity index (χ2v) is 5.55. The highest BCUT2D eigenvalue weighted by Gasteiger charge is 2.24. The molecule has 4 heteroatoms. The topological polar surface area (TPSA) is 35.8 Å². The van der Waals surface area contributed by atoms with Crippen molar-refractivity contribution in [3.63, 3.8) is 0 Å². The maximum atomic E-state index is 4.81. The van der Waals surface area contributed by atoms with Crippen LogP contribution in [-0.4, -0.2) is 9.90 Å². The van der Waals surface area contributed by atoms with Crippen LogP contribution in [0.15, 0.2) is 60.7 Å². The molecule has 0 bridgehead atoms. The van der Waals surface area contributed by atoms with Gasteiger partial charge in [0.25, 0.3) is 0 Å². The summed E-state index contributed by atoms with van der Waals surface area (Å²) < 4.78 is 0. The molecule has 0 radical (unpaired) electrons. The molecule has 0 spiro atoms. The quantitative estimate of drug-likeness (QED) is 0.680. The molecule has 0 aliphatic heterocycles. The predicted molar refractivity (Wildman–Crippen MR) is 85.3 cm³/mol. The lowest BCUT2D eigenvalue weighted by Crippen LogP contribution is -2.42. The highest BCUT2D eigenvalue weighted by atomic mass is 15.7. The zero-order valence-electron chi connectivity index (χ0n) is 12.4. The molecular weight excluding hydrogens is 272 g/mol. The second-order valence-electron chi connectivity index (χ2n) is 5.55. The third kappa shape index (κ3) is 2.37. The molecule has 4 rings (SSSR count). The van der Waals surface area contributed by atoms with E-state index in [0.717, 1.165) is 24.2 Å². The molecule has 0 saturated heterocycles. The molecule has 0 saturated carbocycles. The van der Waals surface area contributed by atoms with Gasteiger partial charge < -0.3 is 0 Å². The van der Waals surface area contributed by atoms with Gasteiger partial charge in [0.05, 0.1) is 0 Å². The molecule has 110 valence electrons. The first-order valence-corrected chi connectivity index (χ1v) is 7.77. The van der Waals surface area contributed by atoms with Gasteiger partial charge in [-0.15, -0.1) is 4.80 Å². The average Bonchev–Trinajstić information content (AvgIpc) is 2.95. The summed E-state index contributed by atoms with van der Waals surface area (Å²) >= 11 is 0. The van der Waals surface area contributed by atoms with E-state index in [0.29, 0.717) is 0 Å². The average molecular weight is 290 g/mol. The van der Waals surface area contributed by atoms with Crippen LogP contribution in [0.2, 0.25) is 0 Å². The zero-order valence-corrected chi connectivity index (χ0v) is 12.4. The van der Waals surface area contributed by atoms with Crippen LogP contribution in [0.25, 0.3) is 11.1 Å². The largest absolute Gasteiger partial charge is 0.271 e. The van der Waals surface area contributed by atoms with E-state index < -0.39 is 0 Å². The van der Waals surface area contributed by atoms with Crippen LogP contribution in [0.5, 0.6) is 0 Å². The third-order valence-corrected chi connectivity index (χ3v) is 4.00. The fourth-order valence-electron chi connectivity index (χ4n) is 2.90. The molecule has 0 N–H and O–H groups in total. The Hall–Kier alpha value is -2.62. The second kappa shape index (κ2) is 5.64. The summed E-state index contributed by atoms with van der Waals surface area (Å²) in [6.45, 7) is 0. The molecule has 2 aromatic carbocycles. The molecular formula is C18H18N4. The van der Waals surface area contributed by atoms with E-state index in [9.17, 15) is 0 Å². The number of aromatic nitrogens is 3. The van der Waals surface area contributed by atoms with Crippen molar-refractivity contribution in [2.45, 2.75) is 25.7 Å². The van der Waals surface area contributed by atoms with E-state index in [-0.39, 0.29) is 0 Å². The Balaban J connectivity index is 1.82. The SMILES string of the molecule is c1ccc([N-][n+]2c3c(nn2-c2ccccc2)CCCC3)cc1. The van der Waals surface area contributed by atoms with Gasteiger partial charge in [-0.3, -0.25) is 5.43 Å². The maximum Gasteiger partial charge on any atom is 0.199 e. The maximum absolute atomic E-state index is 4.81. The minimum Gasteiger partial charge on any atom is -0.271 e. The number of rotatable bonds is 3. The molecule has 22 heavy (non-hydrogen) atoms. The Labute approximate surface area is 130 Å². The van der Waals surface area contributed by atoms with Crippen LogP contribution in [0.1, 0.15) is 24.2 Å². The van der Waals surface area contributed by atoms with Gasteiger partial charge in [0.2, 0.25) is 0 Å². The van der Waals surface area contributed by atoms with Crippen LogP contribution in [0, 0.1) is 0 Å². The Bertz CT molecular complexity index is 763. The van der Waals surface area contributed by atoms with Gasteiger partial charge in [-0.25, -0.2) is 0 Å².